The number of amides is 2. The number of aromatic nitrogens is 1. The fraction of sp³-hybridized carbons (Fsp3) is 0.444. The Morgan fingerprint density at radius 1 is 0.673 bits per heavy atom. The van der Waals surface area contributed by atoms with Gasteiger partial charge in [-0.05, 0) is 87.7 Å². The van der Waals surface area contributed by atoms with Crippen LogP contribution in [0.15, 0.2) is 91.0 Å². The number of benzene rings is 3. The first-order chi connectivity index (χ1) is 27.0. The molecule has 0 aliphatic heterocycles. The zero-order chi connectivity index (χ0) is 38.9. The third kappa shape index (κ3) is 15.4. The van der Waals surface area contributed by atoms with E-state index < -0.39 is 0 Å². The van der Waals surface area contributed by atoms with Crippen LogP contribution >= 0.6 is 0 Å². The van der Waals surface area contributed by atoms with Crippen LogP contribution in [-0.2, 0) is 20.7 Å². The zero-order valence-corrected chi connectivity index (χ0v) is 32.9. The van der Waals surface area contributed by atoms with Crippen LogP contribution in [-0.4, -0.2) is 76.5 Å². The van der Waals surface area contributed by atoms with Gasteiger partial charge in [-0.1, -0.05) is 80.1 Å². The summed E-state index contributed by atoms with van der Waals surface area (Å²) in [7, 11) is 3.39. The molecule has 2 amide bonds. The lowest BCUT2D eigenvalue weighted by Gasteiger charge is -2.16. The molecule has 1 atom stereocenters. The van der Waals surface area contributed by atoms with E-state index in [0.29, 0.717) is 64.7 Å². The van der Waals surface area contributed by atoms with Gasteiger partial charge in [0.1, 0.15) is 11.5 Å². The fourth-order valence-corrected chi connectivity index (χ4v) is 6.20. The summed E-state index contributed by atoms with van der Waals surface area (Å²) in [5.74, 6) is 2.29. The van der Waals surface area contributed by atoms with Gasteiger partial charge in [-0.2, -0.15) is 0 Å². The average Bonchev–Trinajstić information content (AvgIpc) is 3.22. The number of unbranched alkanes of at least 4 members (excludes halogenated alkanes) is 3. The summed E-state index contributed by atoms with van der Waals surface area (Å²) in [6, 6.07) is 30.3. The highest BCUT2D eigenvalue weighted by molar-refractivity contribution is 5.81. The van der Waals surface area contributed by atoms with Crippen molar-refractivity contribution in [3.05, 3.63) is 96.6 Å². The molecule has 296 valence electrons. The molecule has 10 nitrogen and oxygen atoms in total. The maximum atomic E-state index is 12.4. The Balaban J connectivity index is 1.14. The molecule has 4 aromatic rings. The minimum atomic E-state index is -0.250. The maximum Gasteiger partial charge on any atom is 0.237 e. The molecule has 0 saturated heterocycles. The van der Waals surface area contributed by atoms with Crippen LogP contribution in [0.3, 0.4) is 0 Å². The molecule has 4 rings (SSSR count). The predicted molar refractivity (Wildman–Crippen MR) is 220 cm³/mol. The van der Waals surface area contributed by atoms with Gasteiger partial charge >= 0.3 is 0 Å². The topological polar surface area (TPSA) is 120 Å². The smallest absolute Gasteiger partial charge is 0.237 e. The average molecular weight is 753 g/mol. The monoisotopic (exact) mass is 752 g/mol. The van der Waals surface area contributed by atoms with E-state index in [0.717, 1.165) is 84.4 Å². The maximum absolute atomic E-state index is 12.4. The van der Waals surface area contributed by atoms with Crippen LogP contribution in [0.25, 0.3) is 22.4 Å². The van der Waals surface area contributed by atoms with Crippen LogP contribution < -0.4 is 30.2 Å². The third-order valence-corrected chi connectivity index (χ3v) is 9.18. The fourth-order valence-electron chi connectivity index (χ4n) is 6.20. The lowest BCUT2D eigenvalue weighted by molar-refractivity contribution is -0.123. The molecule has 0 spiro atoms. The molecule has 3 N–H and O–H groups in total. The molecular formula is C45H60N4O6. The zero-order valence-electron chi connectivity index (χ0n) is 32.9. The molecule has 0 saturated carbocycles. The molecule has 0 aliphatic rings. The summed E-state index contributed by atoms with van der Waals surface area (Å²) >= 11 is 0. The number of hydrogen-bond donors (Lipinski definition) is 3. The first-order valence-electron chi connectivity index (χ1n) is 19.9. The van der Waals surface area contributed by atoms with E-state index in [-0.39, 0.29) is 17.9 Å². The first kappa shape index (κ1) is 42.8. The lowest BCUT2D eigenvalue weighted by atomic mass is 10.0. The van der Waals surface area contributed by atoms with Crippen LogP contribution in [0, 0.1) is 0 Å². The lowest BCUT2D eigenvalue weighted by Crippen LogP contribution is -2.43. The second kappa shape index (κ2) is 25.2. The van der Waals surface area contributed by atoms with E-state index in [4.69, 9.17) is 23.9 Å². The summed E-state index contributed by atoms with van der Waals surface area (Å²) in [4.78, 5) is 29.5. The summed E-state index contributed by atoms with van der Waals surface area (Å²) in [5.41, 5.74) is 5.23. The van der Waals surface area contributed by atoms with Crippen molar-refractivity contribution >= 4 is 11.8 Å². The molecule has 1 unspecified atom stereocenters. The van der Waals surface area contributed by atoms with E-state index >= 15 is 0 Å². The standard InChI is InChI=1S/C45H60N4O6/c1-4-18-38-41(24-16-25-42(38)54-31-17-26-43(50)47-27-13-12-23-39(46-2)45(51)48-28-32-52-3)53-29-14-7-15-30-55-44-34-37(35-19-8-5-9-20-35)33-40(49-44)36-21-10-6-11-22-36/h5-6,8-11,16,19-22,24-25,33-34,39,46H,4,7,12-15,17-18,23,26-32H2,1-3H3,(H,47,50)(H,48,51). The number of nitrogens with zero attached hydrogens (tertiary/aromatic N) is 1. The molecule has 1 heterocycles. The van der Waals surface area contributed by atoms with Gasteiger partial charge in [-0.3, -0.25) is 9.59 Å². The van der Waals surface area contributed by atoms with Crippen molar-refractivity contribution in [3.63, 3.8) is 0 Å². The molecule has 0 bridgehead atoms. The van der Waals surface area contributed by atoms with E-state index in [2.05, 4.69) is 53.2 Å². The number of hydrogen-bond acceptors (Lipinski definition) is 8. The van der Waals surface area contributed by atoms with Crippen LogP contribution in [0.1, 0.15) is 70.3 Å². The molecule has 1 aromatic heterocycles. The van der Waals surface area contributed by atoms with Gasteiger partial charge in [0.2, 0.25) is 17.7 Å². The van der Waals surface area contributed by atoms with Crippen LogP contribution in [0.2, 0.25) is 0 Å². The van der Waals surface area contributed by atoms with Crippen molar-refractivity contribution < 1.29 is 28.5 Å². The summed E-state index contributed by atoms with van der Waals surface area (Å²) in [6.07, 6.45) is 7.94. The Morgan fingerprint density at radius 2 is 1.35 bits per heavy atom. The first-order valence-corrected chi connectivity index (χ1v) is 19.9. The number of methoxy groups -OCH3 is 1. The highest BCUT2D eigenvalue weighted by Crippen LogP contribution is 2.31. The van der Waals surface area contributed by atoms with Gasteiger partial charge in [0.05, 0.1) is 38.2 Å². The number of ether oxygens (including phenoxy) is 4. The SMILES string of the molecule is CCCc1c(OCCCCCOc2cc(-c3ccccc3)cc(-c3ccccc3)n2)cccc1OCCCC(=O)NCCCCC(NC)C(=O)NCCOC. The third-order valence-electron chi connectivity index (χ3n) is 9.18. The Morgan fingerprint density at radius 3 is 2.02 bits per heavy atom. The Labute approximate surface area is 327 Å². The highest BCUT2D eigenvalue weighted by Gasteiger charge is 2.15. The van der Waals surface area contributed by atoms with Crippen molar-refractivity contribution in [1.82, 2.24) is 20.9 Å². The van der Waals surface area contributed by atoms with Crippen molar-refractivity contribution in [2.75, 3.05) is 53.7 Å². The number of pyridine rings is 1. The molecule has 0 radical (unpaired) electrons. The van der Waals surface area contributed by atoms with Gasteiger partial charge < -0.3 is 34.9 Å². The van der Waals surface area contributed by atoms with E-state index in [9.17, 15) is 9.59 Å². The second-order valence-corrected chi connectivity index (χ2v) is 13.5. The molecule has 0 fully saturated rings. The van der Waals surface area contributed by atoms with Crippen LogP contribution in [0.4, 0.5) is 0 Å². The van der Waals surface area contributed by atoms with Crippen LogP contribution in [0.5, 0.6) is 17.4 Å². The van der Waals surface area contributed by atoms with Crippen molar-refractivity contribution in [3.8, 4) is 39.8 Å². The Bertz CT molecular complexity index is 1630. The van der Waals surface area contributed by atoms with Gasteiger partial charge in [-0.25, -0.2) is 4.98 Å². The largest absolute Gasteiger partial charge is 0.493 e. The van der Waals surface area contributed by atoms with E-state index in [1.54, 1.807) is 14.2 Å². The molecule has 10 heteroatoms. The number of likely N-dealkylation sites (N-methyl/N-ethyl adjacent to an activating group) is 1. The van der Waals surface area contributed by atoms with E-state index in [1.165, 1.54) is 0 Å². The van der Waals surface area contributed by atoms with Gasteiger partial charge in [0.15, 0.2) is 0 Å². The number of rotatable bonds is 27. The summed E-state index contributed by atoms with van der Waals surface area (Å²) in [5, 5.41) is 8.90. The van der Waals surface area contributed by atoms with Gasteiger partial charge in [-0.15, -0.1) is 0 Å². The highest BCUT2D eigenvalue weighted by atomic mass is 16.5. The summed E-state index contributed by atoms with van der Waals surface area (Å²) < 4.78 is 23.6. The molecule has 3 aromatic carbocycles. The Kier molecular flexibility index (Phi) is 19.6. The molecule has 55 heavy (non-hydrogen) atoms. The minimum Gasteiger partial charge on any atom is -0.493 e. The summed E-state index contributed by atoms with van der Waals surface area (Å²) in [6.45, 7) is 5.35. The normalized spacial score (nSPS) is 11.5. The van der Waals surface area contributed by atoms with E-state index in [1.807, 2.05) is 60.7 Å². The predicted octanol–water partition coefficient (Wildman–Crippen LogP) is 7.79. The van der Waals surface area contributed by atoms with Gasteiger partial charge in [0, 0.05) is 43.8 Å². The number of carbonyl (C=O) groups excluding carboxylic acids is 2. The van der Waals surface area contributed by atoms with Crippen molar-refractivity contribution in [1.29, 1.82) is 0 Å². The molecular weight excluding hydrogens is 693 g/mol. The minimum absolute atomic E-state index is 0.0104. The molecule has 0 aliphatic carbocycles. The van der Waals surface area contributed by atoms with Crippen molar-refractivity contribution in [2.45, 2.75) is 77.2 Å². The number of nitrogens with one attached hydrogen (secondary N) is 3. The Hall–Kier alpha value is -4.93. The van der Waals surface area contributed by atoms with Crippen molar-refractivity contribution in [2.24, 2.45) is 0 Å². The quantitative estimate of drug-likeness (QED) is 0.0529. The van der Waals surface area contributed by atoms with Gasteiger partial charge in [0.25, 0.3) is 0 Å². The second-order valence-electron chi connectivity index (χ2n) is 13.5. The number of carbonyl (C=O) groups is 2.